The molecule has 2 aliphatic rings. The summed E-state index contributed by atoms with van der Waals surface area (Å²) in [7, 11) is 1.30. The molecule has 4 nitrogen and oxygen atoms in total. The molecule has 2 heterocycles. The van der Waals surface area contributed by atoms with Crippen LogP contribution in [-0.2, 0) is 9.31 Å². The SMILES string of the molecule is C=C/C(=C\C(=C/C)SN1CC(C[B]C#N)C1)B1OC(C)(C)C(C)(C)O1. The lowest BCUT2D eigenvalue weighted by Crippen LogP contribution is -2.42. The second kappa shape index (κ2) is 8.18. The van der Waals surface area contributed by atoms with Crippen molar-refractivity contribution in [2.75, 3.05) is 13.1 Å². The number of rotatable bonds is 7. The highest BCUT2D eigenvalue weighted by atomic mass is 32.2. The maximum Gasteiger partial charge on any atom is 0.494 e. The van der Waals surface area contributed by atoms with Gasteiger partial charge in [-0.15, -0.1) is 0 Å². The Morgan fingerprint density at radius 3 is 2.44 bits per heavy atom. The van der Waals surface area contributed by atoms with Crippen LogP contribution in [0.3, 0.4) is 0 Å². The van der Waals surface area contributed by atoms with Crippen molar-refractivity contribution >= 4 is 26.3 Å². The minimum atomic E-state index is -0.396. The molecular weight excluding hydrogens is 330 g/mol. The zero-order valence-electron chi connectivity index (χ0n) is 15.9. The quantitative estimate of drug-likeness (QED) is 0.394. The van der Waals surface area contributed by atoms with Gasteiger partial charge in [-0.3, -0.25) is 0 Å². The molecule has 0 atom stereocenters. The summed E-state index contributed by atoms with van der Waals surface area (Å²) in [6.07, 6.45) is 6.87. The van der Waals surface area contributed by atoms with E-state index in [2.05, 4.69) is 56.7 Å². The van der Waals surface area contributed by atoms with Crippen LogP contribution in [0.1, 0.15) is 34.6 Å². The molecule has 0 bridgehead atoms. The molecule has 0 aliphatic carbocycles. The largest absolute Gasteiger partial charge is 0.494 e. The van der Waals surface area contributed by atoms with Gasteiger partial charge in [-0.25, -0.2) is 9.57 Å². The molecule has 2 saturated heterocycles. The van der Waals surface area contributed by atoms with Crippen molar-refractivity contribution in [1.82, 2.24) is 4.31 Å². The van der Waals surface area contributed by atoms with Gasteiger partial charge in [0.2, 0.25) is 0 Å². The van der Waals surface area contributed by atoms with E-state index >= 15 is 0 Å². The van der Waals surface area contributed by atoms with Gasteiger partial charge >= 0.3 is 7.12 Å². The Kier molecular flexibility index (Phi) is 6.67. The van der Waals surface area contributed by atoms with Crippen LogP contribution < -0.4 is 0 Å². The minimum Gasteiger partial charge on any atom is -0.399 e. The summed E-state index contributed by atoms with van der Waals surface area (Å²) >= 11 is 1.73. The van der Waals surface area contributed by atoms with Gasteiger partial charge in [0, 0.05) is 18.0 Å². The van der Waals surface area contributed by atoms with Crippen LogP contribution >= 0.6 is 11.9 Å². The predicted molar refractivity (Wildman–Crippen MR) is 107 cm³/mol. The molecule has 133 valence electrons. The summed E-state index contributed by atoms with van der Waals surface area (Å²) in [4.78, 5) is 1.15. The average molecular weight is 357 g/mol. The summed E-state index contributed by atoms with van der Waals surface area (Å²) in [5.74, 6) is 2.70. The number of nitriles is 1. The smallest absolute Gasteiger partial charge is 0.399 e. The molecular formula is C18H27B2N2O2S. The first kappa shape index (κ1) is 20.4. The van der Waals surface area contributed by atoms with Crippen molar-refractivity contribution < 1.29 is 9.31 Å². The van der Waals surface area contributed by atoms with Gasteiger partial charge in [-0.2, -0.15) is 0 Å². The van der Waals surface area contributed by atoms with Crippen molar-refractivity contribution in [2.45, 2.75) is 52.1 Å². The van der Waals surface area contributed by atoms with Crippen LogP contribution in [0.5, 0.6) is 0 Å². The molecule has 0 aromatic carbocycles. The molecule has 0 N–H and O–H groups in total. The lowest BCUT2D eigenvalue weighted by molar-refractivity contribution is 0.00578. The highest BCUT2D eigenvalue weighted by molar-refractivity contribution is 8.01. The Balaban J connectivity index is 1.97. The van der Waals surface area contributed by atoms with Gasteiger partial charge in [0.1, 0.15) is 0 Å². The molecule has 0 spiro atoms. The van der Waals surface area contributed by atoms with E-state index < -0.39 is 7.12 Å². The van der Waals surface area contributed by atoms with Crippen molar-refractivity contribution in [1.29, 1.82) is 5.26 Å². The molecule has 1 radical (unpaired) electrons. The van der Waals surface area contributed by atoms with Gasteiger partial charge in [0.25, 0.3) is 7.28 Å². The highest BCUT2D eigenvalue weighted by Crippen LogP contribution is 2.39. The first-order valence-corrected chi connectivity index (χ1v) is 9.50. The Labute approximate surface area is 157 Å². The Morgan fingerprint density at radius 2 is 1.96 bits per heavy atom. The van der Waals surface area contributed by atoms with Gasteiger partial charge in [-0.05, 0) is 70.0 Å². The standard InChI is InChI=1S/C18H27B2N2O2S/c1-7-15(20-23-17(3,4)18(5,6)24-20)9-16(8-2)25-22-11-14(12-22)10-19-13-21/h7-9,14H,1,10-12H2,2-6H3/b15-9+,16-8+. The molecule has 0 amide bonds. The lowest BCUT2D eigenvalue weighted by Gasteiger charge is -2.38. The Bertz CT molecular complexity index is 589. The monoisotopic (exact) mass is 357 g/mol. The normalized spacial score (nSPS) is 23.9. The molecule has 7 heteroatoms. The van der Waals surface area contributed by atoms with Gasteiger partial charge in [0.15, 0.2) is 0 Å². The van der Waals surface area contributed by atoms with Gasteiger partial charge < -0.3 is 9.31 Å². The summed E-state index contributed by atoms with van der Waals surface area (Å²) in [5.41, 5.74) is 0.227. The molecule has 2 fully saturated rings. The number of nitrogens with zero attached hydrogens (tertiary/aromatic N) is 2. The molecule has 0 aromatic rings. The fourth-order valence-corrected chi connectivity index (χ4v) is 3.81. The van der Waals surface area contributed by atoms with Gasteiger partial charge in [-0.1, -0.05) is 25.1 Å². The average Bonchev–Trinajstić information content (AvgIpc) is 2.72. The van der Waals surface area contributed by atoms with E-state index in [1.54, 1.807) is 19.2 Å². The van der Waals surface area contributed by atoms with Crippen LogP contribution in [0.4, 0.5) is 0 Å². The first-order valence-electron chi connectivity index (χ1n) is 8.72. The van der Waals surface area contributed by atoms with Gasteiger partial charge in [0.05, 0.1) is 11.2 Å². The van der Waals surface area contributed by atoms with E-state index in [9.17, 15) is 0 Å². The summed E-state index contributed by atoms with van der Waals surface area (Å²) in [5, 5.41) is 8.61. The fourth-order valence-electron chi connectivity index (χ4n) is 2.64. The fraction of sp³-hybridized carbons (Fsp3) is 0.611. The van der Waals surface area contributed by atoms with E-state index in [1.807, 2.05) is 13.0 Å². The Morgan fingerprint density at radius 1 is 1.36 bits per heavy atom. The predicted octanol–water partition coefficient (Wildman–Crippen LogP) is 3.82. The van der Waals surface area contributed by atoms with Crippen molar-refractivity contribution in [3.05, 3.63) is 35.2 Å². The highest BCUT2D eigenvalue weighted by Gasteiger charge is 2.52. The number of hydrogen-bond acceptors (Lipinski definition) is 5. The van der Waals surface area contributed by atoms with E-state index in [1.165, 1.54) is 0 Å². The van der Waals surface area contributed by atoms with Crippen LogP contribution in [0, 0.1) is 17.1 Å². The zero-order chi connectivity index (χ0) is 18.7. The molecule has 0 saturated carbocycles. The zero-order valence-corrected chi connectivity index (χ0v) is 16.7. The van der Waals surface area contributed by atoms with Crippen LogP contribution in [0.25, 0.3) is 0 Å². The second-order valence-electron chi connectivity index (χ2n) is 7.50. The van der Waals surface area contributed by atoms with Crippen molar-refractivity contribution in [3.63, 3.8) is 0 Å². The number of hydrogen-bond donors (Lipinski definition) is 0. The Hall–Kier alpha value is -0.930. The van der Waals surface area contributed by atoms with E-state index in [-0.39, 0.29) is 11.2 Å². The number of allylic oxidation sites excluding steroid dienone is 4. The summed E-state index contributed by atoms with van der Waals surface area (Å²) in [6, 6.07) is 0. The summed E-state index contributed by atoms with van der Waals surface area (Å²) in [6.45, 7) is 16.2. The molecule has 2 rings (SSSR count). The van der Waals surface area contributed by atoms with Crippen molar-refractivity contribution in [2.24, 2.45) is 5.92 Å². The van der Waals surface area contributed by atoms with E-state index in [0.717, 1.165) is 29.8 Å². The second-order valence-corrected chi connectivity index (χ2v) is 8.67. The third-order valence-electron chi connectivity index (χ3n) is 5.06. The van der Waals surface area contributed by atoms with Crippen LogP contribution in [-0.4, -0.2) is 43.0 Å². The van der Waals surface area contributed by atoms with E-state index in [0.29, 0.717) is 5.92 Å². The topological polar surface area (TPSA) is 45.5 Å². The maximum absolute atomic E-state index is 8.61. The van der Waals surface area contributed by atoms with E-state index in [4.69, 9.17) is 14.6 Å². The maximum atomic E-state index is 8.61. The third kappa shape index (κ3) is 4.83. The van der Waals surface area contributed by atoms with Crippen molar-refractivity contribution in [3.8, 4) is 5.97 Å². The van der Waals surface area contributed by atoms with Crippen LogP contribution in [0.15, 0.2) is 35.2 Å². The molecule has 2 aliphatic heterocycles. The van der Waals surface area contributed by atoms with Crippen LogP contribution in [0.2, 0.25) is 6.32 Å². The summed E-state index contributed by atoms with van der Waals surface area (Å²) < 4.78 is 14.6. The molecule has 25 heavy (non-hydrogen) atoms. The lowest BCUT2D eigenvalue weighted by atomic mass is 9.70. The minimum absolute atomic E-state index is 0.356. The first-order chi connectivity index (χ1) is 11.7. The molecule has 0 unspecified atom stereocenters. The third-order valence-corrected chi connectivity index (χ3v) is 6.18. The molecule has 0 aromatic heterocycles.